The number of rotatable bonds is 7. The highest BCUT2D eigenvalue weighted by molar-refractivity contribution is 7.11. The Labute approximate surface area is 159 Å². The molecule has 9 heteroatoms. The molecule has 0 aliphatic heterocycles. The van der Waals surface area contributed by atoms with Crippen molar-refractivity contribution in [3.63, 3.8) is 0 Å². The maximum atomic E-state index is 12.7. The maximum absolute atomic E-state index is 12.7. The fraction of sp³-hybridized carbons (Fsp3) is 0.444. The summed E-state index contributed by atoms with van der Waals surface area (Å²) in [7, 11) is 0. The van der Waals surface area contributed by atoms with Gasteiger partial charge in [-0.15, -0.1) is 10.2 Å². The molecule has 0 spiro atoms. The number of aromatic nitrogens is 4. The molecule has 144 valence electrons. The van der Waals surface area contributed by atoms with E-state index in [9.17, 15) is 8.78 Å². The van der Waals surface area contributed by atoms with Gasteiger partial charge in [-0.25, -0.2) is 0 Å². The number of alkyl halides is 2. The van der Waals surface area contributed by atoms with E-state index >= 15 is 0 Å². The molecule has 0 fully saturated rings. The first-order chi connectivity index (χ1) is 12.9. The zero-order chi connectivity index (χ0) is 19.6. The minimum absolute atomic E-state index is 0.131. The van der Waals surface area contributed by atoms with Gasteiger partial charge in [-0.2, -0.15) is 13.8 Å². The van der Waals surface area contributed by atoms with Crippen LogP contribution < -0.4 is 4.74 Å². The quantitative estimate of drug-likeness (QED) is 0.546. The van der Waals surface area contributed by atoms with Gasteiger partial charge in [0.25, 0.3) is 5.89 Å². The molecule has 0 N–H and O–H groups in total. The first-order valence-electron chi connectivity index (χ1n) is 8.65. The molecule has 3 aromatic rings. The molecule has 6 nitrogen and oxygen atoms in total. The van der Waals surface area contributed by atoms with E-state index in [0.717, 1.165) is 39.7 Å². The van der Waals surface area contributed by atoms with E-state index in [-0.39, 0.29) is 11.9 Å². The Bertz CT molecular complexity index is 903. The van der Waals surface area contributed by atoms with Crippen molar-refractivity contribution < 1.29 is 18.0 Å². The Hall–Kier alpha value is -2.42. The molecule has 1 unspecified atom stereocenters. The topological polar surface area (TPSA) is 73.9 Å². The molecule has 3 rings (SSSR count). The molecule has 0 bridgehead atoms. The highest BCUT2D eigenvalue weighted by atomic mass is 32.1. The van der Waals surface area contributed by atoms with E-state index in [4.69, 9.17) is 4.74 Å². The average molecular weight is 394 g/mol. The van der Waals surface area contributed by atoms with Crippen molar-refractivity contribution in [2.45, 2.75) is 53.1 Å². The highest BCUT2D eigenvalue weighted by Gasteiger charge is 2.21. The Morgan fingerprint density at radius 3 is 2.37 bits per heavy atom. The SMILES string of the molecule is CCc1nnc(C(CC)Oc2c(C)cc(-c3noc(C(F)F)n3)cc2C)s1. The van der Waals surface area contributed by atoms with Crippen LogP contribution in [0.5, 0.6) is 5.75 Å². The van der Waals surface area contributed by atoms with Crippen molar-refractivity contribution in [3.05, 3.63) is 39.2 Å². The summed E-state index contributed by atoms with van der Waals surface area (Å²) < 4.78 is 36.1. The van der Waals surface area contributed by atoms with Gasteiger partial charge in [0.2, 0.25) is 5.82 Å². The standard InChI is InChI=1S/C18H20F2N4O2S/c1-5-12(18-23-22-13(6-2)27-18)25-14-9(3)7-11(8-10(14)4)16-21-17(15(19)20)26-24-16/h7-8,12,15H,5-6H2,1-4H3. The summed E-state index contributed by atoms with van der Waals surface area (Å²) in [6, 6.07) is 3.60. The summed E-state index contributed by atoms with van der Waals surface area (Å²) in [5.74, 6) is 0.179. The highest BCUT2D eigenvalue weighted by Crippen LogP contribution is 2.34. The predicted molar refractivity (Wildman–Crippen MR) is 97.1 cm³/mol. The third-order valence-corrected chi connectivity index (χ3v) is 5.20. The van der Waals surface area contributed by atoms with Gasteiger partial charge in [0.1, 0.15) is 10.8 Å². The molecule has 2 aromatic heterocycles. The fourth-order valence-electron chi connectivity index (χ4n) is 2.70. The van der Waals surface area contributed by atoms with Crippen LogP contribution in [-0.4, -0.2) is 20.3 Å². The first kappa shape index (κ1) is 19.3. The van der Waals surface area contributed by atoms with Crippen LogP contribution in [0.2, 0.25) is 0 Å². The maximum Gasteiger partial charge on any atom is 0.315 e. The monoisotopic (exact) mass is 394 g/mol. The second-order valence-corrected chi connectivity index (χ2v) is 7.19. The van der Waals surface area contributed by atoms with E-state index in [1.807, 2.05) is 27.7 Å². The van der Waals surface area contributed by atoms with Crippen LogP contribution in [-0.2, 0) is 6.42 Å². The lowest BCUT2D eigenvalue weighted by molar-refractivity contribution is 0.106. The number of halogens is 2. The number of aryl methyl sites for hydroxylation is 3. The molecule has 27 heavy (non-hydrogen) atoms. The average Bonchev–Trinajstić information content (AvgIpc) is 3.31. The lowest BCUT2D eigenvalue weighted by Crippen LogP contribution is -2.08. The van der Waals surface area contributed by atoms with Gasteiger partial charge in [-0.3, -0.25) is 0 Å². The summed E-state index contributed by atoms with van der Waals surface area (Å²) in [4.78, 5) is 3.74. The summed E-state index contributed by atoms with van der Waals surface area (Å²) in [5.41, 5.74) is 2.31. The lowest BCUT2D eigenvalue weighted by atomic mass is 10.0. The van der Waals surface area contributed by atoms with Gasteiger partial charge in [-0.1, -0.05) is 30.3 Å². The summed E-state index contributed by atoms with van der Waals surface area (Å²) in [5, 5.41) is 13.9. The summed E-state index contributed by atoms with van der Waals surface area (Å²) in [6.07, 6.45) is -1.39. The van der Waals surface area contributed by atoms with Crippen molar-refractivity contribution in [2.24, 2.45) is 0 Å². The van der Waals surface area contributed by atoms with E-state index in [1.54, 1.807) is 23.5 Å². The van der Waals surface area contributed by atoms with Crippen molar-refractivity contribution in [3.8, 4) is 17.1 Å². The number of ether oxygens (including phenoxy) is 1. The van der Waals surface area contributed by atoms with Crippen LogP contribution >= 0.6 is 11.3 Å². The first-order valence-corrected chi connectivity index (χ1v) is 9.46. The Balaban J connectivity index is 1.87. The Morgan fingerprint density at radius 1 is 1.15 bits per heavy atom. The normalized spacial score (nSPS) is 12.6. The summed E-state index contributed by atoms with van der Waals surface area (Å²) >= 11 is 1.55. The van der Waals surface area contributed by atoms with Crippen LogP contribution in [0.1, 0.15) is 59.8 Å². The van der Waals surface area contributed by atoms with Crippen LogP contribution in [0.15, 0.2) is 16.7 Å². The Kier molecular flexibility index (Phi) is 5.79. The van der Waals surface area contributed by atoms with Crippen LogP contribution in [0, 0.1) is 13.8 Å². The molecule has 0 aliphatic rings. The van der Waals surface area contributed by atoms with Crippen molar-refractivity contribution >= 4 is 11.3 Å². The van der Waals surface area contributed by atoms with E-state index < -0.39 is 12.3 Å². The minimum Gasteiger partial charge on any atom is -0.483 e. The zero-order valence-electron chi connectivity index (χ0n) is 15.5. The number of hydrogen-bond donors (Lipinski definition) is 0. The molecule has 1 atom stereocenters. The largest absolute Gasteiger partial charge is 0.483 e. The van der Waals surface area contributed by atoms with Gasteiger partial charge < -0.3 is 9.26 Å². The van der Waals surface area contributed by atoms with E-state index in [2.05, 4.69) is 24.9 Å². The van der Waals surface area contributed by atoms with Crippen molar-refractivity contribution in [1.82, 2.24) is 20.3 Å². The fourth-order valence-corrected chi connectivity index (χ4v) is 3.59. The molecular formula is C18H20F2N4O2S. The number of hydrogen-bond acceptors (Lipinski definition) is 7. The third kappa shape index (κ3) is 4.13. The lowest BCUT2D eigenvalue weighted by Gasteiger charge is -2.19. The van der Waals surface area contributed by atoms with Crippen LogP contribution in [0.3, 0.4) is 0 Å². The minimum atomic E-state index is -2.79. The van der Waals surface area contributed by atoms with Crippen molar-refractivity contribution in [2.75, 3.05) is 0 Å². The van der Waals surface area contributed by atoms with Crippen molar-refractivity contribution in [1.29, 1.82) is 0 Å². The molecule has 0 amide bonds. The van der Waals surface area contributed by atoms with E-state index in [0.29, 0.717) is 5.56 Å². The molecule has 0 saturated heterocycles. The molecule has 2 heterocycles. The molecule has 1 aromatic carbocycles. The molecule has 0 aliphatic carbocycles. The Morgan fingerprint density at radius 2 is 1.85 bits per heavy atom. The number of benzene rings is 1. The van der Waals surface area contributed by atoms with Gasteiger partial charge in [0.05, 0.1) is 0 Å². The second kappa shape index (κ2) is 8.08. The smallest absolute Gasteiger partial charge is 0.315 e. The predicted octanol–water partition coefficient (Wildman–Crippen LogP) is 5.24. The summed E-state index contributed by atoms with van der Waals surface area (Å²) in [6.45, 7) is 7.85. The second-order valence-electron chi connectivity index (χ2n) is 6.10. The molecule has 0 saturated carbocycles. The van der Waals surface area contributed by atoms with Gasteiger partial charge >= 0.3 is 6.43 Å². The van der Waals surface area contributed by atoms with Gasteiger partial charge in [0, 0.05) is 5.56 Å². The molecular weight excluding hydrogens is 374 g/mol. The zero-order valence-corrected chi connectivity index (χ0v) is 16.3. The molecule has 0 radical (unpaired) electrons. The van der Waals surface area contributed by atoms with Crippen LogP contribution in [0.4, 0.5) is 8.78 Å². The van der Waals surface area contributed by atoms with Gasteiger partial charge in [-0.05, 0) is 49.9 Å². The number of nitrogens with zero attached hydrogens (tertiary/aromatic N) is 4. The third-order valence-electron chi connectivity index (χ3n) is 4.04. The van der Waals surface area contributed by atoms with E-state index in [1.165, 1.54) is 0 Å². The van der Waals surface area contributed by atoms with Gasteiger partial charge in [0.15, 0.2) is 11.1 Å². The van der Waals surface area contributed by atoms with Crippen LogP contribution in [0.25, 0.3) is 11.4 Å².